The highest BCUT2D eigenvalue weighted by atomic mass is 79.9. The van der Waals surface area contributed by atoms with Gasteiger partial charge in [0.15, 0.2) is 0 Å². The van der Waals surface area contributed by atoms with Crippen LogP contribution in [0.2, 0.25) is 0 Å². The molecule has 0 bridgehead atoms. The summed E-state index contributed by atoms with van der Waals surface area (Å²) in [5, 5.41) is 0. The van der Waals surface area contributed by atoms with Crippen molar-refractivity contribution < 1.29 is 17.4 Å². The number of amides is 1. The number of carbonyl (C=O) groups excluding carboxylic acids is 1. The number of nitrogens with zero attached hydrogens (tertiary/aromatic N) is 1. The van der Waals surface area contributed by atoms with Crippen molar-refractivity contribution in [2.75, 3.05) is 12.8 Å². The van der Waals surface area contributed by atoms with E-state index in [4.69, 9.17) is 9.92 Å². The van der Waals surface area contributed by atoms with Crippen LogP contribution in [0.25, 0.3) is 0 Å². The molecule has 1 saturated heterocycles. The van der Waals surface area contributed by atoms with E-state index in [1.807, 2.05) is 0 Å². The topological polar surface area (TPSA) is 89.7 Å². The van der Waals surface area contributed by atoms with E-state index in [9.17, 15) is 13.2 Å². The SMILES string of the molecule is CS(=O)(=O)Oc1ccc(Br)c(CN2CCC(N)C2=O)c1. The predicted octanol–water partition coefficient (Wildman–Crippen LogP) is 0.847. The highest BCUT2D eigenvalue weighted by Gasteiger charge is 2.28. The van der Waals surface area contributed by atoms with Crippen LogP contribution in [0, 0.1) is 0 Å². The third-order valence-corrected chi connectivity index (χ3v) is 4.23. The molecule has 1 aromatic carbocycles. The summed E-state index contributed by atoms with van der Waals surface area (Å²) < 4.78 is 27.9. The largest absolute Gasteiger partial charge is 0.383 e. The lowest BCUT2D eigenvalue weighted by molar-refractivity contribution is -0.129. The molecular weight excluding hydrogens is 348 g/mol. The second-order valence-corrected chi connectivity index (χ2v) is 7.12. The van der Waals surface area contributed by atoms with Gasteiger partial charge in [-0.15, -0.1) is 0 Å². The third-order valence-electron chi connectivity index (χ3n) is 2.96. The number of nitrogens with two attached hydrogens (primary N) is 1. The Morgan fingerprint density at radius 3 is 2.75 bits per heavy atom. The molecule has 2 rings (SSSR count). The average molecular weight is 363 g/mol. The van der Waals surface area contributed by atoms with E-state index < -0.39 is 16.2 Å². The Bertz CT molecular complexity index is 632. The summed E-state index contributed by atoms with van der Waals surface area (Å²) in [6.45, 7) is 0.970. The number of rotatable bonds is 4. The van der Waals surface area contributed by atoms with Gasteiger partial charge in [0.25, 0.3) is 0 Å². The molecule has 0 aromatic heterocycles. The molecule has 2 N–H and O–H groups in total. The number of halogens is 1. The Hall–Kier alpha value is -1.12. The van der Waals surface area contributed by atoms with Crippen LogP contribution in [-0.2, 0) is 21.5 Å². The standard InChI is InChI=1S/C12H15BrN2O4S/c1-20(17,18)19-9-2-3-10(13)8(6-9)7-15-5-4-11(14)12(15)16/h2-3,6,11H,4-5,7,14H2,1H3. The van der Waals surface area contributed by atoms with Crippen LogP contribution >= 0.6 is 15.9 Å². The fourth-order valence-corrected chi connectivity index (χ4v) is 2.85. The molecule has 1 amide bonds. The summed E-state index contributed by atoms with van der Waals surface area (Å²) in [5.74, 6) is 0.132. The van der Waals surface area contributed by atoms with Gasteiger partial charge in [-0.1, -0.05) is 15.9 Å². The van der Waals surface area contributed by atoms with E-state index in [1.54, 1.807) is 23.1 Å². The molecule has 110 valence electrons. The lowest BCUT2D eigenvalue weighted by Gasteiger charge is -2.17. The fraction of sp³-hybridized carbons (Fsp3) is 0.417. The van der Waals surface area contributed by atoms with Crippen LogP contribution in [0.1, 0.15) is 12.0 Å². The van der Waals surface area contributed by atoms with Gasteiger partial charge >= 0.3 is 10.1 Å². The fourth-order valence-electron chi connectivity index (χ4n) is 2.02. The van der Waals surface area contributed by atoms with E-state index in [-0.39, 0.29) is 11.7 Å². The van der Waals surface area contributed by atoms with Gasteiger partial charge in [-0.05, 0) is 30.2 Å². The number of hydrogen-bond acceptors (Lipinski definition) is 5. The lowest BCUT2D eigenvalue weighted by atomic mass is 10.2. The van der Waals surface area contributed by atoms with Crippen LogP contribution < -0.4 is 9.92 Å². The van der Waals surface area contributed by atoms with Gasteiger partial charge < -0.3 is 14.8 Å². The van der Waals surface area contributed by atoms with Crippen molar-refractivity contribution in [1.82, 2.24) is 4.90 Å². The molecule has 0 radical (unpaired) electrons. The van der Waals surface area contributed by atoms with Crippen molar-refractivity contribution in [3.05, 3.63) is 28.2 Å². The minimum atomic E-state index is -3.57. The van der Waals surface area contributed by atoms with Crippen LogP contribution in [0.4, 0.5) is 0 Å². The molecule has 1 heterocycles. The minimum Gasteiger partial charge on any atom is -0.383 e. The van der Waals surface area contributed by atoms with Gasteiger partial charge in [0, 0.05) is 17.6 Å². The van der Waals surface area contributed by atoms with Gasteiger partial charge in [-0.3, -0.25) is 4.79 Å². The summed E-state index contributed by atoms with van der Waals surface area (Å²) in [6, 6.07) is 4.40. The zero-order valence-electron chi connectivity index (χ0n) is 10.9. The third kappa shape index (κ3) is 3.71. The van der Waals surface area contributed by atoms with Crippen molar-refractivity contribution in [2.45, 2.75) is 19.0 Å². The van der Waals surface area contributed by atoms with E-state index in [0.29, 0.717) is 19.5 Å². The first kappa shape index (κ1) is 15.3. The molecule has 0 saturated carbocycles. The molecule has 1 aliphatic heterocycles. The normalized spacial score (nSPS) is 19.4. The summed E-state index contributed by atoms with van der Waals surface area (Å²) in [5.41, 5.74) is 6.44. The Morgan fingerprint density at radius 1 is 1.50 bits per heavy atom. The molecular formula is C12H15BrN2O4S. The van der Waals surface area contributed by atoms with Crippen molar-refractivity contribution in [2.24, 2.45) is 5.73 Å². The summed E-state index contributed by atoms with van der Waals surface area (Å²) in [4.78, 5) is 13.4. The molecule has 1 unspecified atom stereocenters. The highest BCUT2D eigenvalue weighted by Crippen LogP contribution is 2.26. The quantitative estimate of drug-likeness (QED) is 0.801. The molecule has 1 aromatic rings. The number of likely N-dealkylation sites (tertiary alicyclic amines) is 1. The van der Waals surface area contributed by atoms with Gasteiger partial charge in [0.1, 0.15) is 5.75 Å². The van der Waals surface area contributed by atoms with Crippen LogP contribution in [0.5, 0.6) is 5.75 Å². The molecule has 1 atom stereocenters. The molecule has 1 aliphatic rings. The van der Waals surface area contributed by atoms with Crippen molar-refractivity contribution >= 4 is 32.0 Å². The lowest BCUT2D eigenvalue weighted by Crippen LogP contribution is -2.33. The Labute approximate surface area is 126 Å². The van der Waals surface area contributed by atoms with Gasteiger partial charge in [-0.2, -0.15) is 8.42 Å². The predicted molar refractivity (Wildman–Crippen MR) is 77.6 cm³/mol. The van der Waals surface area contributed by atoms with E-state index in [1.165, 1.54) is 0 Å². The van der Waals surface area contributed by atoms with Crippen molar-refractivity contribution in [3.63, 3.8) is 0 Å². The average Bonchev–Trinajstić information content (AvgIpc) is 2.63. The van der Waals surface area contributed by atoms with Gasteiger partial charge in [0.05, 0.1) is 12.3 Å². The molecule has 8 heteroatoms. The first-order chi connectivity index (χ1) is 9.26. The summed E-state index contributed by atoms with van der Waals surface area (Å²) >= 11 is 3.38. The summed E-state index contributed by atoms with van der Waals surface area (Å²) in [6.07, 6.45) is 1.62. The van der Waals surface area contributed by atoms with E-state index in [2.05, 4.69) is 15.9 Å². The number of benzene rings is 1. The Morgan fingerprint density at radius 2 is 2.20 bits per heavy atom. The maximum absolute atomic E-state index is 11.8. The Balaban J connectivity index is 2.19. The first-order valence-electron chi connectivity index (χ1n) is 5.98. The van der Waals surface area contributed by atoms with E-state index >= 15 is 0 Å². The van der Waals surface area contributed by atoms with Crippen molar-refractivity contribution in [3.8, 4) is 5.75 Å². The molecule has 6 nitrogen and oxygen atoms in total. The van der Waals surface area contributed by atoms with Crippen LogP contribution in [0.3, 0.4) is 0 Å². The second-order valence-electron chi connectivity index (χ2n) is 4.70. The molecule has 0 aliphatic carbocycles. The summed E-state index contributed by atoms with van der Waals surface area (Å²) in [7, 11) is -3.57. The van der Waals surface area contributed by atoms with Crippen molar-refractivity contribution in [1.29, 1.82) is 0 Å². The minimum absolute atomic E-state index is 0.0914. The van der Waals surface area contributed by atoms with Gasteiger partial charge in [0.2, 0.25) is 5.91 Å². The number of hydrogen-bond donors (Lipinski definition) is 1. The zero-order valence-corrected chi connectivity index (χ0v) is 13.3. The number of carbonyl (C=O) groups is 1. The Kier molecular flexibility index (Phi) is 4.36. The highest BCUT2D eigenvalue weighted by molar-refractivity contribution is 9.10. The van der Waals surface area contributed by atoms with E-state index in [0.717, 1.165) is 16.3 Å². The molecule has 1 fully saturated rings. The van der Waals surface area contributed by atoms with Crippen LogP contribution in [-0.4, -0.2) is 38.1 Å². The zero-order chi connectivity index (χ0) is 14.9. The molecule has 20 heavy (non-hydrogen) atoms. The monoisotopic (exact) mass is 362 g/mol. The molecule has 0 spiro atoms. The maximum Gasteiger partial charge on any atom is 0.306 e. The first-order valence-corrected chi connectivity index (χ1v) is 8.59. The maximum atomic E-state index is 11.8. The second kappa shape index (κ2) is 5.71. The van der Waals surface area contributed by atoms with Crippen LogP contribution in [0.15, 0.2) is 22.7 Å². The van der Waals surface area contributed by atoms with Gasteiger partial charge in [-0.25, -0.2) is 0 Å². The smallest absolute Gasteiger partial charge is 0.306 e.